The number of nitrogens with zero attached hydrogens (tertiary/aromatic N) is 1. The van der Waals surface area contributed by atoms with Crippen LogP contribution in [0.4, 0.5) is 5.95 Å². The molecule has 0 amide bonds. The molecule has 0 atom stereocenters. The normalized spacial score (nSPS) is 9.33. The molecule has 0 saturated carbocycles. The predicted molar refractivity (Wildman–Crippen MR) is 62.8 cm³/mol. The van der Waals surface area contributed by atoms with E-state index in [1.54, 1.807) is 0 Å². The molecule has 0 aliphatic carbocycles. The summed E-state index contributed by atoms with van der Waals surface area (Å²) in [5.74, 6) is -0.177. The van der Waals surface area contributed by atoms with Crippen LogP contribution in [0.2, 0.25) is 0 Å². The van der Waals surface area contributed by atoms with Crippen molar-refractivity contribution < 1.29 is 0 Å². The molecule has 0 bridgehead atoms. The van der Waals surface area contributed by atoms with Crippen molar-refractivity contribution in [3.05, 3.63) is 46.7 Å². The van der Waals surface area contributed by atoms with E-state index in [4.69, 9.17) is 5.73 Å². The first-order valence-electron chi connectivity index (χ1n) is 4.26. The Balaban J connectivity index is 0.000000180. The van der Waals surface area contributed by atoms with Gasteiger partial charge in [0.2, 0.25) is 5.95 Å². The number of aromatic amines is 5. The second kappa shape index (κ2) is 5.53. The van der Waals surface area contributed by atoms with Gasteiger partial charge >= 0.3 is 22.8 Å². The minimum absolute atomic E-state index is 0.0313. The maximum absolute atomic E-state index is 10.3. The largest absolute Gasteiger partial charge is 0.369 e. The summed E-state index contributed by atoms with van der Waals surface area (Å²) < 4.78 is 0.0313. The van der Waals surface area contributed by atoms with Crippen molar-refractivity contribution >= 4 is 18.2 Å². The number of nitrogens with two attached hydrogens (primary N) is 1. The van der Waals surface area contributed by atoms with Gasteiger partial charge in [-0.15, -0.1) is 0 Å². The van der Waals surface area contributed by atoms with Crippen molar-refractivity contribution in [3.63, 3.8) is 0 Å². The number of nitrogen functional groups attached to an aromatic ring is 1. The smallest absolute Gasteiger partial charge is 0.352 e. The number of H-pyrrole nitrogens is 5. The van der Waals surface area contributed by atoms with Gasteiger partial charge in [0.05, 0.1) is 0 Å². The SMILES string of the molecule is Nc1nc(=O)[nH]c(=O)[nH]1.O=c1[nH]c(=O)[nH]c(=S)[nH]1. The van der Waals surface area contributed by atoms with Crippen LogP contribution in [0.1, 0.15) is 0 Å². The molecule has 11 nitrogen and oxygen atoms in total. The summed E-state index contributed by atoms with van der Waals surface area (Å²) in [6.45, 7) is 0. The van der Waals surface area contributed by atoms with Gasteiger partial charge in [0, 0.05) is 0 Å². The van der Waals surface area contributed by atoms with E-state index < -0.39 is 22.8 Å². The third-order valence-electron chi connectivity index (χ3n) is 1.37. The molecule has 0 radical (unpaired) electrons. The molecule has 0 fully saturated rings. The van der Waals surface area contributed by atoms with Gasteiger partial charge < -0.3 is 5.73 Å². The number of hydrogen-bond acceptors (Lipinski definition) is 7. The standard InChI is InChI=1S/C3H4N4O2.C3H3N3O2S/c4-1-5-2(8)7-3(9)6-1;7-1-4-2(8)6-3(9)5-1/h(H4,4,5,6,7,8,9);(H3,4,5,6,7,8,9). The maximum atomic E-state index is 10.3. The van der Waals surface area contributed by atoms with Crippen molar-refractivity contribution in [3.8, 4) is 0 Å². The molecule has 0 aliphatic heterocycles. The molecule has 2 aromatic heterocycles. The average Bonchev–Trinajstić information content (AvgIpc) is 2.12. The summed E-state index contributed by atoms with van der Waals surface area (Å²) in [6, 6.07) is 0. The highest BCUT2D eigenvalue weighted by Gasteiger charge is 1.88. The number of hydrogen-bond donors (Lipinski definition) is 6. The monoisotopic (exact) mass is 273 g/mol. The van der Waals surface area contributed by atoms with Crippen LogP contribution in [-0.4, -0.2) is 29.9 Å². The quantitative estimate of drug-likeness (QED) is 0.279. The molecular weight excluding hydrogens is 266 g/mol. The molecule has 0 spiro atoms. The van der Waals surface area contributed by atoms with Crippen LogP contribution in [0.25, 0.3) is 0 Å². The maximum Gasteiger partial charge on any atom is 0.352 e. The van der Waals surface area contributed by atoms with Crippen molar-refractivity contribution in [1.82, 2.24) is 29.9 Å². The molecule has 7 N–H and O–H groups in total. The van der Waals surface area contributed by atoms with Crippen LogP contribution in [0, 0.1) is 4.77 Å². The molecule has 12 heteroatoms. The van der Waals surface area contributed by atoms with Crippen LogP contribution < -0.4 is 28.5 Å². The summed E-state index contributed by atoms with van der Waals surface area (Å²) in [4.78, 5) is 54.5. The third kappa shape index (κ3) is 4.40. The summed E-state index contributed by atoms with van der Waals surface area (Å²) in [5.41, 5.74) is 2.40. The lowest BCUT2D eigenvalue weighted by molar-refractivity contribution is 0.916. The first-order chi connectivity index (χ1) is 8.36. The topological polar surface area (TPSA) is 186 Å². The molecular formula is C6H7N7O4S. The zero-order valence-electron chi connectivity index (χ0n) is 8.57. The van der Waals surface area contributed by atoms with Crippen LogP contribution >= 0.6 is 12.2 Å². The Morgan fingerprint density at radius 1 is 0.833 bits per heavy atom. The van der Waals surface area contributed by atoms with E-state index in [2.05, 4.69) is 32.2 Å². The van der Waals surface area contributed by atoms with Gasteiger partial charge in [-0.2, -0.15) is 4.98 Å². The fraction of sp³-hybridized carbons (Fsp3) is 0. The Morgan fingerprint density at radius 3 is 1.72 bits per heavy atom. The lowest BCUT2D eigenvalue weighted by Gasteiger charge is -1.84. The van der Waals surface area contributed by atoms with E-state index in [1.807, 2.05) is 9.97 Å². The molecule has 18 heavy (non-hydrogen) atoms. The van der Waals surface area contributed by atoms with Gasteiger partial charge in [-0.3, -0.25) is 24.9 Å². The first kappa shape index (κ1) is 13.3. The summed E-state index contributed by atoms with van der Waals surface area (Å²) in [7, 11) is 0. The van der Waals surface area contributed by atoms with Crippen LogP contribution in [0.5, 0.6) is 0 Å². The lowest BCUT2D eigenvalue weighted by atomic mass is 10.9. The van der Waals surface area contributed by atoms with E-state index in [9.17, 15) is 19.2 Å². The van der Waals surface area contributed by atoms with Crippen molar-refractivity contribution in [2.24, 2.45) is 0 Å². The molecule has 0 saturated heterocycles. The Kier molecular flexibility index (Phi) is 4.09. The fourth-order valence-electron chi connectivity index (χ4n) is 0.813. The van der Waals surface area contributed by atoms with Gasteiger partial charge in [0.1, 0.15) is 0 Å². The van der Waals surface area contributed by atoms with Crippen molar-refractivity contribution in [1.29, 1.82) is 0 Å². The highest BCUT2D eigenvalue weighted by atomic mass is 32.1. The molecule has 2 rings (SSSR count). The Bertz CT molecular complexity index is 701. The van der Waals surface area contributed by atoms with Gasteiger partial charge in [-0.1, -0.05) is 0 Å². The van der Waals surface area contributed by atoms with Crippen LogP contribution in [0.15, 0.2) is 19.2 Å². The zero-order chi connectivity index (χ0) is 13.7. The summed E-state index contributed by atoms with van der Waals surface area (Å²) in [6.07, 6.45) is 0. The second-order valence-electron chi connectivity index (χ2n) is 2.74. The van der Waals surface area contributed by atoms with E-state index in [0.717, 1.165) is 0 Å². The van der Waals surface area contributed by atoms with Gasteiger partial charge in [0.15, 0.2) is 4.77 Å². The van der Waals surface area contributed by atoms with E-state index >= 15 is 0 Å². The van der Waals surface area contributed by atoms with E-state index in [-0.39, 0.29) is 10.7 Å². The third-order valence-corrected chi connectivity index (χ3v) is 1.57. The molecule has 2 heterocycles. The Labute approximate surface area is 101 Å². The minimum Gasteiger partial charge on any atom is -0.369 e. The molecule has 0 unspecified atom stereocenters. The Morgan fingerprint density at radius 2 is 1.33 bits per heavy atom. The van der Waals surface area contributed by atoms with E-state index in [0.29, 0.717) is 0 Å². The van der Waals surface area contributed by atoms with Crippen LogP contribution in [-0.2, 0) is 0 Å². The Hall–Kier alpha value is -2.76. The highest BCUT2D eigenvalue weighted by molar-refractivity contribution is 7.71. The minimum atomic E-state index is -0.740. The van der Waals surface area contributed by atoms with E-state index in [1.165, 1.54) is 0 Å². The number of nitrogens with one attached hydrogen (secondary N) is 5. The average molecular weight is 273 g/mol. The zero-order valence-corrected chi connectivity index (χ0v) is 9.38. The second-order valence-corrected chi connectivity index (χ2v) is 3.15. The lowest BCUT2D eigenvalue weighted by Crippen LogP contribution is -2.25. The molecule has 0 aromatic carbocycles. The number of anilines is 1. The summed E-state index contributed by atoms with van der Waals surface area (Å²) in [5, 5.41) is 0. The fourth-order valence-corrected chi connectivity index (χ4v) is 0.998. The van der Waals surface area contributed by atoms with Gasteiger partial charge in [-0.05, 0) is 12.2 Å². The number of rotatable bonds is 0. The molecule has 2 aromatic rings. The van der Waals surface area contributed by atoms with Crippen LogP contribution in [0.3, 0.4) is 0 Å². The van der Waals surface area contributed by atoms with Gasteiger partial charge in [0.25, 0.3) is 0 Å². The van der Waals surface area contributed by atoms with Gasteiger partial charge in [-0.25, -0.2) is 19.2 Å². The van der Waals surface area contributed by atoms with Crippen molar-refractivity contribution in [2.45, 2.75) is 0 Å². The number of aromatic nitrogens is 6. The molecule has 96 valence electrons. The van der Waals surface area contributed by atoms with Crippen molar-refractivity contribution in [2.75, 3.05) is 5.73 Å². The predicted octanol–water partition coefficient (Wildman–Crippen LogP) is -2.84. The first-order valence-corrected chi connectivity index (χ1v) is 4.66. The summed E-state index contributed by atoms with van der Waals surface area (Å²) >= 11 is 4.46. The highest BCUT2D eigenvalue weighted by Crippen LogP contribution is 1.69. The molecule has 0 aliphatic rings.